The van der Waals surface area contributed by atoms with E-state index < -0.39 is 0 Å². The van der Waals surface area contributed by atoms with Crippen LogP contribution in [0.1, 0.15) is 0 Å². The maximum atomic E-state index is 5.07. The molecule has 7 heteroatoms. The molecular weight excluding hydrogens is 542 g/mol. The highest BCUT2D eigenvalue weighted by atomic mass is 15.2. The van der Waals surface area contributed by atoms with Gasteiger partial charge in [-0.25, -0.2) is 4.98 Å². The summed E-state index contributed by atoms with van der Waals surface area (Å²) in [4.78, 5) is 15.1. The van der Waals surface area contributed by atoms with E-state index in [1.165, 1.54) is 0 Å². The van der Waals surface area contributed by atoms with Gasteiger partial charge >= 0.3 is 0 Å². The normalized spacial score (nSPS) is 11.6. The molecule has 0 saturated carbocycles. The fourth-order valence-electron chi connectivity index (χ4n) is 6.26. The quantitative estimate of drug-likeness (QED) is 0.215. The number of nitrogens with zero attached hydrogens (tertiary/aromatic N) is 7. The van der Waals surface area contributed by atoms with Crippen LogP contribution in [0.3, 0.4) is 0 Å². The predicted molar refractivity (Wildman–Crippen MR) is 175 cm³/mol. The minimum Gasteiger partial charge on any atom is -0.307 e. The lowest BCUT2D eigenvalue weighted by Crippen LogP contribution is -2.06. The summed E-state index contributed by atoms with van der Waals surface area (Å²) in [6.45, 7) is 0. The van der Waals surface area contributed by atoms with E-state index in [0.29, 0.717) is 17.6 Å². The van der Waals surface area contributed by atoms with Gasteiger partial charge in [0.1, 0.15) is 5.52 Å². The van der Waals surface area contributed by atoms with Gasteiger partial charge < -0.3 is 4.57 Å². The third-order valence-electron chi connectivity index (χ3n) is 8.14. The third kappa shape index (κ3) is 3.66. The van der Waals surface area contributed by atoms with E-state index >= 15 is 0 Å². The molecule has 0 aliphatic carbocycles. The van der Waals surface area contributed by atoms with Crippen molar-refractivity contribution < 1.29 is 0 Å². The standard InChI is InChI=1S/C37H23N7/c1-4-12-24(13-5-1)35-39-36(25-14-6-2-7-15-25)41-37(40-35)44-28-19-11-10-18-27(28)32-29(44)20-21-30-33(32)34-31(22-23-38-42-34)43(30)26-16-8-3-9-17-26/h1-23H. The summed E-state index contributed by atoms with van der Waals surface area (Å²) in [5.74, 6) is 1.79. The van der Waals surface area contributed by atoms with Gasteiger partial charge in [-0.3, -0.25) is 4.57 Å². The van der Waals surface area contributed by atoms with Crippen LogP contribution in [0, 0.1) is 0 Å². The van der Waals surface area contributed by atoms with E-state index in [4.69, 9.17) is 15.0 Å². The molecule has 206 valence electrons. The van der Waals surface area contributed by atoms with E-state index in [1.54, 1.807) is 6.20 Å². The van der Waals surface area contributed by atoms with E-state index in [1.807, 2.05) is 72.8 Å². The van der Waals surface area contributed by atoms with Crippen molar-refractivity contribution in [2.45, 2.75) is 0 Å². The maximum absolute atomic E-state index is 5.07. The number of rotatable bonds is 4. The number of aromatic nitrogens is 7. The van der Waals surface area contributed by atoms with E-state index in [0.717, 1.165) is 60.6 Å². The largest absolute Gasteiger partial charge is 0.307 e. The average Bonchev–Trinajstić information content (AvgIpc) is 3.62. The molecule has 0 aliphatic heterocycles. The Bertz CT molecular complexity index is 2420. The molecule has 0 fully saturated rings. The Hall–Kier alpha value is -6.21. The smallest absolute Gasteiger partial charge is 0.238 e. The number of para-hydroxylation sites is 2. The Labute approximate surface area is 251 Å². The lowest BCUT2D eigenvalue weighted by molar-refractivity contribution is 0.953. The summed E-state index contributed by atoms with van der Waals surface area (Å²) in [6, 6.07) is 45.3. The molecule has 9 rings (SSSR count). The second-order valence-electron chi connectivity index (χ2n) is 10.7. The molecule has 0 bridgehead atoms. The molecule has 9 aromatic rings. The number of fused-ring (bicyclic) bond motifs is 7. The zero-order chi connectivity index (χ0) is 29.0. The lowest BCUT2D eigenvalue weighted by atomic mass is 10.1. The lowest BCUT2D eigenvalue weighted by Gasteiger charge is -2.11. The Morgan fingerprint density at radius 2 is 1.02 bits per heavy atom. The molecule has 0 saturated heterocycles. The maximum Gasteiger partial charge on any atom is 0.238 e. The Kier molecular flexibility index (Phi) is 5.36. The van der Waals surface area contributed by atoms with Gasteiger partial charge in [0.25, 0.3) is 0 Å². The van der Waals surface area contributed by atoms with Gasteiger partial charge in [0, 0.05) is 33.0 Å². The zero-order valence-corrected chi connectivity index (χ0v) is 23.4. The van der Waals surface area contributed by atoms with Crippen molar-refractivity contribution in [2.75, 3.05) is 0 Å². The molecule has 0 aliphatic rings. The first-order valence-corrected chi connectivity index (χ1v) is 14.5. The fourth-order valence-corrected chi connectivity index (χ4v) is 6.26. The van der Waals surface area contributed by atoms with E-state index in [2.05, 4.69) is 80.0 Å². The van der Waals surface area contributed by atoms with Gasteiger partial charge in [0.05, 0.1) is 28.3 Å². The van der Waals surface area contributed by atoms with Gasteiger partial charge in [0.15, 0.2) is 11.6 Å². The van der Waals surface area contributed by atoms with Gasteiger partial charge in [-0.1, -0.05) is 97.1 Å². The SMILES string of the molecule is c1ccc(-c2nc(-c3ccccc3)nc(-n3c4ccccc4c4c5c6nnccc6n(-c6ccccc6)c5ccc43)n2)cc1. The summed E-state index contributed by atoms with van der Waals surface area (Å²) in [6.07, 6.45) is 1.75. The van der Waals surface area contributed by atoms with Crippen molar-refractivity contribution in [3.8, 4) is 34.4 Å². The van der Waals surface area contributed by atoms with Gasteiger partial charge in [-0.2, -0.15) is 15.1 Å². The average molecular weight is 566 g/mol. The van der Waals surface area contributed by atoms with E-state index in [-0.39, 0.29) is 0 Å². The van der Waals surface area contributed by atoms with Crippen LogP contribution in [0.25, 0.3) is 78.2 Å². The first-order valence-electron chi connectivity index (χ1n) is 14.5. The molecule has 0 radical (unpaired) electrons. The van der Waals surface area contributed by atoms with Gasteiger partial charge in [0.2, 0.25) is 5.95 Å². The molecule has 44 heavy (non-hydrogen) atoms. The molecular formula is C37H23N7. The Morgan fingerprint density at radius 1 is 0.432 bits per heavy atom. The summed E-state index contributed by atoms with van der Waals surface area (Å²) in [5, 5.41) is 12.2. The number of hydrogen-bond acceptors (Lipinski definition) is 5. The monoisotopic (exact) mass is 565 g/mol. The highest BCUT2D eigenvalue weighted by Crippen LogP contribution is 2.41. The first kappa shape index (κ1) is 24.4. The molecule has 0 N–H and O–H groups in total. The van der Waals surface area contributed by atoms with Crippen LogP contribution in [-0.2, 0) is 0 Å². The van der Waals surface area contributed by atoms with Crippen molar-refractivity contribution in [1.82, 2.24) is 34.3 Å². The van der Waals surface area contributed by atoms with Crippen LogP contribution < -0.4 is 0 Å². The van der Waals surface area contributed by atoms with Crippen molar-refractivity contribution in [3.63, 3.8) is 0 Å². The van der Waals surface area contributed by atoms with Crippen molar-refractivity contribution in [2.24, 2.45) is 0 Å². The molecule has 5 aromatic carbocycles. The van der Waals surface area contributed by atoms with Crippen molar-refractivity contribution >= 4 is 43.7 Å². The molecule has 4 aromatic heterocycles. The molecule has 0 amide bonds. The number of hydrogen-bond donors (Lipinski definition) is 0. The molecule has 4 heterocycles. The van der Waals surface area contributed by atoms with Gasteiger partial charge in [-0.15, -0.1) is 5.10 Å². The molecule has 0 unspecified atom stereocenters. The molecule has 0 spiro atoms. The van der Waals surface area contributed by atoms with Crippen molar-refractivity contribution in [1.29, 1.82) is 0 Å². The fraction of sp³-hybridized carbons (Fsp3) is 0. The highest BCUT2D eigenvalue weighted by molar-refractivity contribution is 6.27. The van der Waals surface area contributed by atoms with Crippen LogP contribution in [0.5, 0.6) is 0 Å². The summed E-state index contributed by atoms with van der Waals surface area (Å²) in [5.41, 5.74) is 7.84. The minimum absolute atomic E-state index is 0.557. The van der Waals surface area contributed by atoms with Crippen molar-refractivity contribution in [3.05, 3.63) is 140 Å². The highest BCUT2D eigenvalue weighted by Gasteiger charge is 2.23. The Balaban J connectivity index is 1.41. The molecule has 7 nitrogen and oxygen atoms in total. The van der Waals surface area contributed by atoms with Gasteiger partial charge in [-0.05, 0) is 36.4 Å². The second kappa shape index (κ2) is 9.68. The topological polar surface area (TPSA) is 74.3 Å². The second-order valence-corrected chi connectivity index (χ2v) is 10.7. The number of benzene rings is 5. The van der Waals surface area contributed by atoms with Crippen LogP contribution >= 0.6 is 0 Å². The summed E-state index contributed by atoms with van der Waals surface area (Å²) < 4.78 is 4.40. The summed E-state index contributed by atoms with van der Waals surface area (Å²) in [7, 11) is 0. The summed E-state index contributed by atoms with van der Waals surface area (Å²) >= 11 is 0. The zero-order valence-electron chi connectivity index (χ0n) is 23.4. The first-order chi connectivity index (χ1) is 21.8. The predicted octanol–water partition coefficient (Wildman–Crippen LogP) is 8.19. The van der Waals surface area contributed by atoms with Crippen LogP contribution in [-0.4, -0.2) is 34.3 Å². The Morgan fingerprint density at radius 3 is 1.70 bits per heavy atom. The minimum atomic E-state index is 0.557. The van der Waals surface area contributed by atoms with Crippen LogP contribution in [0.15, 0.2) is 140 Å². The van der Waals surface area contributed by atoms with Crippen LogP contribution in [0.4, 0.5) is 0 Å². The molecule has 0 atom stereocenters. The third-order valence-corrected chi connectivity index (χ3v) is 8.14. The van der Waals surface area contributed by atoms with Crippen LogP contribution in [0.2, 0.25) is 0 Å². The van der Waals surface area contributed by atoms with E-state index in [9.17, 15) is 0 Å².